The van der Waals surface area contributed by atoms with Crippen LogP contribution >= 0.6 is 34.8 Å². The molecule has 1 unspecified atom stereocenters. The smallest absolute Gasteiger partial charge is 0.407 e. The minimum atomic E-state index is -1.88. The van der Waals surface area contributed by atoms with Gasteiger partial charge in [-0.1, -0.05) is 184 Å². The van der Waals surface area contributed by atoms with Crippen molar-refractivity contribution < 1.29 is 48.3 Å². The average molecular weight is 892 g/mol. The number of aliphatic hydroxyl groups excluding tert-OH is 2. The Balaban J connectivity index is 2.96. The monoisotopic (exact) mass is 889 g/mol. The first-order valence-corrected chi connectivity index (χ1v) is 26.9. The molecule has 0 aromatic heterocycles. The summed E-state index contributed by atoms with van der Waals surface area (Å²) in [4.78, 5) is 39.5. The number of alkyl carbamates (subject to hydrolysis) is 1. The van der Waals surface area contributed by atoms with Crippen molar-refractivity contribution in [1.29, 1.82) is 0 Å². The van der Waals surface area contributed by atoms with Gasteiger partial charge in [-0.15, -0.1) is 0 Å². The summed E-state index contributed by atoms with van der Waals surface area (Å²) in [5.74, 6) is -1.10. The van der Waals surface area contributed by atoms with Crippen LogP contribution in [0.4, 0.5) is 4.79 Å². The Kier molecular flexibility index (Phi) is 30.3. The standard InChI is InChI=1S/C42H78Cl3NO10Si/c1-6-8-10-12-14-16-17-19-21-23-25-27-35(48)54-33(26-24-22-20-18-15-13-11-9-7-2)30-36(49)56-39-37(46-41(51)53-32-42(43,44)45)40(52-28-29-57(3,4)5)55-34(31-47)38(39)50/h33-34,37-40,47,50H,6-32H2,1-5H3,(H,46,51)/t33-,34-,37-,38-,39-,40?/m1/s1. The van der Waals surface area contributed by atoms with Gasteiger partial charge in [0.2, 0.25) is 3.79 Å². The molecule has 0 radical (unpaired) electrons. The lowest BCUT2D eigenvalue weighted by Crippen LogP contribution is -2.66. The van der Waals surface area contributed by atoms with Crippen LogP contribution in [0.3, 0.4) is 0 Å². The van der Waals surface area contributed by atoms with E-state index in [9.17, 15) is 24.6 Å². The Hall–Kier alpha value is -0.863. The van der Waals surface area contributed by atoms with E-state index in [1.807, 2.05) is 0 Å². The summed E-state index contributed by atoms with van der Waals surface area (Å²) < 4.78 is 26.8. The predicted molar refractivity (Wildman–Crippen MR) is 232 cm³/mol. The molecular weight excluding hydrogens is 813 g/mol. The van der Waals surface area contributed by atoms with Crippen LogP contribution in [0.15, 0.2) is 0 Å². The average Bonchev–Trinajstić information content (AvgIpc) is 3.13. The zero-order valence-corrected chi connectivity index (χ0v) is 39.1. The van der Waals surface area contributed by atoms with Crippen LogP contribution in [0.25, 0.3) is 0 Å². The molecule has 1 aliphatic rings. The van der Waals surface area contributed by atoms with Gasteiger partial charge in [0.25, 0.3) is 0 Å². The molecule has 6 atom stereocenters. The Morgan fingerprint density at radius 1 is 0.772 bits per heavy atom. The van der Waals surface area contributed by atoms with Crippen LogP contribution in [0.5, 0.6) is 0 Å². The van der Waals surface area contributed by atoms with Gasteiger partial charge in [-0.2, -0.15) is 0 Å². The van der Waals surface area contributed by atoms with Gasteiger partial charge in [0, 0.05) is 21.1 Å². The normalized spacial score (nSPS) is 20.6. The summed E-state index contributed by atoms with van der Waals surface area (Å²) >= 11 is 17.3. The molecule has 1 saturated heterocycles. The van der Waals surface area contributed by atoms with Crippen molar-refractivity contribution >= 4 is 60.9 Å². The van der Waals surface area contributed by atoms with E-state index in [1.165, 1.54) is 77.0 Å². The minimum Gasteiger partial charge on any atom is -0.462 e. The highest BCUT2D eigenvalue weighted by atomic mass is 35.6. The number of halogens is 3. The number of ether oxygens (including phenoxy) is 5. The first-order chi connectivity index (χ1) is 27.1. The molecule has 0 spiro atoms. The lowest BCUT2D eigenvalue weighted by Gasteiger charge is -2.43. The molecule has 336 valence electrons. The molecular formula is C42H78Cl3NO10Si. The molecule has 0 bridgehead atoms. The summed E-state index contributed by atoms with van der Waals surface area (Å²) in [6.07, 6.45) is 16.4. The third kappa shape index (κ3) is 28.3. The number of nitrogens with one attached hydrogen (secondary N) is 1. The number of alkyl halides is 3. The van der Waals surface area contributed by atoms with Crippen molar-refractivity contribution in [3.8, 4) is 0 Å². The van der Waals surface area contributed by atoms with Crippen molar-refractivity contribution in [1.82, 2.24) is 5.32 Å². The van der Waals surface area contributed by atoms with Crippen LogP contribution in [0.1, 0.15) is 162 Å². The summed E-state index contributed by atoms with van der Waals surface area (Å²) in [6.45, 7) is 10.0. The molecule has 1 fully saturated rings. The van der Waals surface area contributed by atoms with E-state index in [0.29, 0.717) is 6.42 Å². The number of amides is 1. The van der Waals surface area contributed by atoms with Crippen LogP contribution in [-0.2, 0) is 33.3 Å². The van der Waals surface area contributed by atoms with E-state index >= 15 is 0 Å². The fourth-order valence-electron chi connectivity index (χ4n) is 6.76. The number of hydrogen-bond donors (Lipinski definition) is 3. The highest BCUT2D eigenvalue weighted by Gasteiger charge is 2.49. The van der Waals surface area contributed by atoms with Crippen LogP contribution in [-0.4, -0.2) is 96.7 Å². The molecule has 1 aliphatic heterocycles. The van der Waals surface area contributed by atoms with Crippen molar-refractivity contribution in [3.63, 3.8) is 0 Å². The van der Waals surface area contributed by atoms with Gasteiger partial charge in [-0.25, -0.2) is 4.79 Å². The maximum Gasteiger partial charge on any atom is 0.407 e. The summed E-state index contributed by atoms with van der Waals surface area (Å²) in [6, 6.07) is -0.505. The number of aliphatic hydroxyl groups is 2. The quantitative estimate of drug-likeness (QED) is 0.0191. The molecule has 0 saturated carbocycles. The summed E-state index contributed by atoms with van der Waals surface area (Å²) in [7, 11) is -1.56. The first kappa shape index (κ1) is 54.2. The molecule has 0 aliphatic carbocycles. The number of unbranched alkanes of at least 4 members (excludes halogenated alkanes) is 18. The Bertz CT molecular complexity index is 1060. The number of carbonyl (C=O) groups excluding carboxylic acids is 3. The summed E-state index contributed by atoms with van der Waals surface area (Å²) in [5.41, 5.74) is 0. The molecule has 57 heavy (non-hydrogen) atoms. The van der Waals surface area contributed by atoms with E-state index in [-0.39, 0.29) is 25.4 Å². The molecule has 0 aromatic carbocycles. The minimum absolute atomic E-state index is 0.250. The maximum absolute atomic E-state index is 13.6. The van der Waals surface area contributed by atoms with Crippen LogP contribution in [0.2, 0.25) is 25.7 Å². The Morgan fingerprint density at radius 2 is 1.28 bits per heavy atom. The van der Waals surface area contributed by atoms with E-state index in [0.717, 1.165) is 57.4 Å². The van der Waals surface area contributed by atoms with Gasteiger partial charge in [0.05, 0.1) is 13.0 Å². The molecule has 1 rings (SSSR count). The number of hydrogen-bond acceptors (Lipinski definition) is 10. The van der Waals surface area contributed by atoms with Crippen molar-refractivity contribution in [2.75, 3.05) is 19.8 Å². The van der Waals surface area contributed by atoms with Crippen LogP contribution in [0, 0.1) is 0 Å². The highest BCUT2D eigenvalue weighted by Crippen LogP contribution is 2.28. The summed E-state index contributed by atoms with van der Waals surface area (Å²) in [5, 5.41) is 23.9. The SMILES string of the molecule is CCCCCCCCCCCCCC(=O)O[C@H](CCCCCCCCCCC)CC(=O)O[C@H]1[C@H](O)[C@@H](CO)OC(OCC[Si](C)(C)C)[C@@H]1NC(=O)OCC(Cl)(Cl)Cl. The topological polar surface area (TPSA) is 150 Å². The fourth-order valence-corrected chi connectivity index (χ4v) is 7.65. The maximum atomic E-state index is 13.6. The van der Waals surface area contributed by atoms with Gasteiger partial charge < -0.3 is 39.2 Å². The lowest BCUT2D eigenvalue weighted by atomic mass is 9.96. The third-order valence-corrected chi connectivity index (χ3v) is 12.2. The van der Waals surface area contributed by atoms with E-state index in [4.69, 9.17) is 58.5 Å². The van der Waals surface area contributed by atoms with Gasteiger partial charge in [0.15, 0.2) is 12.4 Å². The first-order valence-electron chi connectivity index (χ1n) is 22.0. The van der Waals surface area contributed by atoms with Crippen molar-refractivity contribution in [2.24, 2.45) is 0 Å². The molecule has 3 N–H and O–H groups in total. The van der Waals surface area contributed by atoms with E-state index in [2.05, 4.69) is 38.8 Å². The second kappa shape index (κ2) is 31.9. The molecule has 0 aromatic rings. The van der Waals surface area contributed by atoms with Gasteiger partial charge in [-0.3, -0.25) is 9.59 Å². The number of carbonyl (C=O) groups is 3. The zero-order valence-electron chi connectivity index (χ0n) is 35.9. The molecule has 1 amide bonds. The van der Waals surface area contributed by atoms with Gasteiger partial charge >= 0.3 is 18.0 Å². The van der Waals surface area contributed by atoms with Gasteiger partial charge in [-0.05, 0) is 25.3 Å². The molecule has 1 heterocycles. The lowest BCUT2D eigenvalue weighted by molar-refractivity contribution is -0.272. The van der Waals surface area contributed by atoms with E-state index in [1.54, 1.807) is 0 Å². The third-order valence-electron chi connectivity index (χ3n) is 10.2. The fraction of sp³-hybridized carbons (Fsp3) is 0.929. The van der Waals surface area contributed by atoms with Crippen molar-refractivity contribution in [2.45, 2.75) is 228 Å². The van der Waals surface area contributed by atoms with Crippen LogP contribution < -0.4 is 5.32 Å². The highest BCUT2D eigenvalue weighted by molar-refractivity contribution is 6.76. The van der Waals surface area contributed by atoms with Crippen molar-refractivity contribution in [3.05, 3.63) is 0 Å². The van der Waals surface area contributed by atoms with E-state index < -0.39 is 73.9 Å². The predicted octanol–water partition coefficient (Wildman–Crippen LogP) is 10.7. The van der Waals surface area contributed by atoms with Gasteiger partial charge in [0.1, 0.15) is 31.0 Å². The Labute approximate surface area is 360 Å². The Morgan fingerprint density at radius 3 is 1.77 bits per heavy atom. The number of esters is 2. The largest absolute Gasteiger partial charge is 0.462 e. The second-order valence-electron chi connectivity index (χ2n) is 16.9. The molecule has 11 nitrogen and oxygen atoms in total. The second-order valence-corrected chi connectivity index (χ2v) is 25.1. The zero-order chi connectivity index (χ0) is 42.5. The number of rotatable bonds is 33. The molecule has 15 heteroatoms.